The largest absolute Gasteiger partial charge is 0.394 e. The summed E-state index contributed by atoms with van der Waals surface area (Å²) in [5.41, 5.74) is 0. The van der Waals surface area contributed by atoms with Crippen LogP contribution >= 0.6 is 11.8 Å². The minimum absolute atomic E-state index is 0.111. The van der Waals surface area contributed by atoms with Gasteiger partial charge in [0, 0.05) is 18.3 Å². The number of ether oxygens (including phenoxy) is 1. The molecule has 0 bridgehead atoms. The van der Waals surface area contributed by atoms with Crippen molar-refractivity contribution in [2.24, 2.45) is 5.92 Å². The van der Waals surface area contributed by atoms with Crippen LogP contribution in [0.2, 0.25) is 0 Å². The second-order valence-electron chi connectivity index (χ2n) is 4.12. The third kappa shape index (κ3) is 12.2. The fraction of sp³-hybridized carbons (Fsp3) is 1.00. The Morgan fingerprint density at radius 1 is 1.20 bits per heavy atom. The van der Waals surface area contributed by atoms with E-state index in [1.807, 2.05) is 11.8 Å². The number of rotatable bonds is 10. The predicted molar refractivity (Wildman–Crippen MR) is 67.5 cm³/mol. The molecule has 0 aromatic heterocycles. The Bertz CT molecular complexity index is 134. The van der Waals surface area contributed by atoms with Crippen LogP contribution in [0, 0.1) is 5.92 Å². The Morgan fingerprint density at radius 2 is 1.93 bits per heavy atom. The highest BCUT2D eigenvalue weighted by molar-refractivity contribution is 7.99. The van der Waals surface area contributed by atoms with Crippen molar-refractivity contribution in [2.45, 2.75) is 26.8 Å². The average Bonchev–Trinajstić information content (AvgIpc) is 2.17. The van der Waals surface area contributed by atoms with E-state index in [4.69, 9.17) is 9.84 Å². The van der Waals surface area contributed by atoms with Crippen LogP contribution in [0.25, 0.3) is 0 Å². The van der Waals surface area contributed by atoms with Crippen molar-refractivity contribution in [1.82, 2.24) is 5.32 Å². The smallest absolute Gasteiger partial charge is 0.0698 e. The number of nitrogens with one attached hydrogen (secondary N) is 1. The zero-order valence-electron chi connectivity index (χ0n) is 10.2. The fourth-order valence-electron chi connectivity index (χ4n) is 1.08. The number of thioether (sulfide) groups is 1. The molecule has 0 saturated carbocycles. The third-order valence-corrected chi connectivity index (χ3v) is 3.43. The summed E-state index contributed by atoms with van der Waals surface area (Å²) >= 11 is 1.99. The van der Waals surface area contributed by atoms with E-state index in [1.54, 1.807) is 0 Å². The molecule has 15 heavy (non-hydrogen) atoms. The Kier molecular flexibility index (Phi) is 10.9. The minimum Gasteiger partial charge on any atom is -0.394 e. The maximum Gasteiger partial charge on any atom is 0.0698 e. The number of aliphatic hydroxyl groups is 1. The first-order valence-electron chi connectivity index (χ1n) is 5.66. The van der Waals surface area contributed by atoms with Crippen LogP contribution in [0.3, 0.4) is 0 Å². The Balaban J connectivity index is 3.15. The molecule has 1 atom stereocenters. The van der Waals surface area contributed by atoms with Gasteiger partial charge in [-0.25, -0.2) is 0 Å². The Hall–Kier alpha value is 0.230. The topological polar surface area (TPSA) is 41.5 Å². The van der Waals surface area contributed by atoms with Gasteiger partial charge in [-0.2, -0.15) is 11.8 Å². The van der Waals surface area contributed by atoms with Crippen LogP contribution in [-0.4, -0.2) is 49.0 Å². The standard InChI is InChI=1S/C11H25NO2S/c1-10(2)8-15-9-11(3)12-4-6-14-7-5-13/h10-13H,4-9H2,1-3H3. The molecule has 0 aliphatic heterocycles. The van der Waals surface area contributed by atoms with E-state index in [0.29, 0.717) is 19.3 Å². The van der Waals surface area contributed by atoms with Crippen LogP contribution in [0.4, 0.5) is 0 Å². The lowest BCUT2D eigenvalue weighted by Crippen LogP contribution is -2.31. The highest BCUT2D eigenvalue weighted by Crippen LogP contribution is 2.08. The third-order valence-electron chi connectivity index (χ3n) is 1.79. The van der Waals surface area contributed by atoms with Crippen molar-refractivity contribution < 1.29 is 9.84 Å². The molecule has 0 saturated heterocycles. The SMILES string of the molecule is CC(C)CSCC(C)NCCOCCO. The molecular weight excluding hydrogens is 210 g/mol. The van der Waals surface area contributed by atoms with Crippen LogP contribution in [0.15, 0.2) is 0 Å². The lowest BCUT2D eigenvalue weighted by atomic mass is 10.3. The molecule has 1 unspecified atom stereocenters. The first-order valence-corrected chi connectivity index (χ1v) is 6.82. The van der Waals surface area contributed by atoms with E-state index in [2.05, 4.69) is 26.1 Å². The molecule has 0 rings (SSSR count). The number of hydrogen-bond acceptors (Lipinski definition) is 4. The highest BCUT2D eigenvalue weighted by atomic mass is 32.2. The summed E-state index contributed by atoms with van der Waals surface area (Å²) in [6, 6.07) is 0.534. The van der Waals surface area contributed by atoms with Gasteiger partial charge >= 0.3 is 0 Å². The van der Waals surface area contributed by atoms with Gasteiger partial charge in [-0.3, -0.25) is 0 Å². The van der Waals surface area contributed by atoms with Gasteiger partial charge in [0.1, 0.15) is 0 Å². The van der Waals surface area contributed by atoms with Crippen molar-refractivity contribution in [2.75, 3.05) is 37.9 Å². The predicted octanol–water partition coefficient (Wildman–Crippen LogP) is 1.36. The summed E-state index contributed by atoms with van der Waals surface area (Å²) in [6.45, 7) is 8.78. The molecule has 0 heterocycles. The van der Waals surface area contributed by atoms with Gasteiger partial charge in [0.05, 0.1) is 19.8 Å². The maximum atomic E-state index is 8.49. The van der Waals surface area contributed by atoms with E-state index in [0.717, 1.165) is 18.2 Å². The van der Waals surface area contributed by atoms with Crippen molar-refractivity contribution in [1.29, 1.82) is 0 Å². The van der Waals surface area contributed by atoms with E-state index >= 15 is 0 Å². The quantitative estimate of drug-likeness (QED) is 0.561. The first-order chi connectivity index (χ1) is 7.16. The summed E-state index contributed by atoms with van der Waals surface area (Å²) in [5.74, 6) is 3.15. The summed E-state index contributed by atoms with van der Waals surface area (Å²) < 4.78 is 5.16. The Morgan fingerprint density at radius 3 is 2.53 bits per heavy atom. The van der Waals surface area contributed by atoms with Crippen molar-refractivity contribution in [3.63, 3.8) is 0 Å². The lowest BCUT2D eigenvalue weighted by Gasteiger charge is -2.14. The maximum absolute atomic E-state index is 8.49. The van der Waals surface area contributed by atoms with Gasteiger partial charge in [-0.05, 0) is 18.6 Å². The normalized spacial score (nSPS) is 13.4. The van der Waals surface area contributed by atoms with Crippen LogP contribution in [0.1, 0.15) is 20.8 Å². The van der Waals surface area contributed by atoms with Gasteiger partial charge in [0.2, 0.25) is 0 Å². The van der Waals surface area contributed by atoms with Crippen molar-refractivity contribution in [3.05, 3.63) is 0 Å². The molecule has 0 amide bonds. The van der Waals surface area contributed by atoms with Crippen molar-refractivity contribution in [3.8, 4) is 0 Å². The summed E-state index contributed by atoms with van der Waals surface area (Å²) in [5, 5.41) is 11.9. The van der Waals surface area contributed by atoms with Crippen LogP contribution < -0.4 is 5.32 Å². The lowest BCUT2D eigenvalue weighted by molar-refractivity contribution is 0.0931. The molecule has 2 N–H and O–H groups in total. The van der Waals surface area contributed by atoms with E-state index < -0.39 is 0 Å². The summed E-state index contributed by atoms with van der Waals surface area (Å²) in [7, 11) is 0. The second-order valence-corrected chi connectivity index (χ2v) is 5.20. The molecule has 0 fully saturated rings. The monoisotopic (exact) mass is 235 g/mol. The fourth-order valence-corrected chi connectivity index (χ4v) is 2.16. The first kappa shape index (κ1) is 15.2. The molecule has 0 aromatic rings. The molecule has 0 spiro atoms. The number of hydrogen-bond donors (Lipinski definition) is 2. The molecule has 0 aromatic carbocycles. The molecule has 0 aliphatic carbocycles. The van der Waals surface area contributed by atoms with E-state index in [-0.39, 0.29) is 6.61 Å². The number of aliphatic hydroxyl groups excluding tert-OH is 1. The van der Waals surface area contributed by atoms with Gasteiger partial charge in [-0.1, -0.05) is 13.8 Å². The molecule has 4 heteroatoms. The molecule has 92 valence electrons. The zero-order chi connectivity index (χ0) is 11.5. The van der Waals surface area contributed by atoms with Crippen LogP contribution in [0.5, 0.6) is 0 Å². The van der Waals surface area contributed by atoms with Gasteiger partial charge in [0.15, 0.2) is 0 Å². The minimum atomic E-state index is 0.111. The molecule has 0 aliphatic rings. The highest BCUT2D eigenvalue weighted by Gasteiger charge is 2.01. The Labute approximate surface area is 98.0 Å². The van der Waals surface area contributed by atoms with Gasteiger partial charge < -0.3 is 15.2 Å². The zero-order valence-corrected chi connectivity index (χ0v) is 11.0. The molecule has 0 radical (unpaired) electrons. The summed E-state index contributed by atoms with van der Waals surface area (Å²) in [4.78, 5) is 0. The molecular formula is C11H25NO2S. The second kappa shape index (κ2) is 10.7. The van der Waals surface area contributed by atoms with E-state index in [1.165, 1.54) is 5.75 Å². The average molecular weight is 235 g/mol. The van der Waals surface area contributed by atoms with Crippen molar-refractivity contribution >= 4 is 11.8 Å². The summed E-state index contributed by atoms with van der Waals surface area (Å²) in [6.07, 6.45) is 0. The van der Waals surface area contributed by atoms with Gasteiger partial charge in [-0.15, -0.1) is 0 Å². The molecule has 3 nitrogen and oxygen atoms in total. The van der Waals surface area contributed by atoms with E-state index in [9.17, 15) is 0 Å². The van der Waals surface area contributed by atoms with Gasteiger partial charge in [0.25, 0.3) is 0 Å². The van der Waals surface area contributed by atoms with Crippen LogP contribution in [-0.2, 0) is 4.74 Å².